The predicted octanol–water partition coefficient (Wildman–Crippen LogP) is 1.61. The lowest BCUT2D eigenvalue weighted by atomic mass is 10.1. The number of fused-ring (bicyclic) bond motifs is 1. The molecule has 1 unspecified atom stereocenters. The quantitative estimate of drug-likeness (QED) is 0.578. The van der Waals surface area contributed by atoms with E-state index in [0.29, 0.717) is 24.7 Å². The molecule has 2 rings (SSSR count). The van der Waals surface area contributed by atoms with E-state index in [1.807, 2.05) is 0 Å². The lowest BCUT2D eigenvalue weighted by Crippen LogP contribution is -2.19. The first-order valence-electron chi connectivity index (χ1n) is 6.43. The topological polar surface area (TPSA) is 86.6 Å². The Balaban J connectivity index is 0.000000240. The lowest BCUT2D eigenvalue weighted by molar-refractivity contribution is -0.134. The number of aryl methyl sites for hydroxylation is 1. The Kier molecular flexibility index (Phi) is 6.72. The first-order chi connectivity index (χ1) is 10.0. The molecule has 0 aliphatic heterocycles. The Morgan fingerprint density at radius 3 is 2.48 bits per heavy atom. The maximum absolute atomic E-state index is 9.55. The molecule has 0 saturated carbocycles. The number of nitrogens with one attached hydrogen (secondary N) is 1. The minimum atomic E-state index is -1.26. The predicted molar refractivity (Wildman–Crippen MR) is 78.8 cm³/mol. The zero-order valence-electron chi connectivity index (χ0n) is 11.5. The number of carbonyl (C=O) groups is 2. The van der Waals surface area contributed by atoms with Crippen molar-refractivity contribution in [2.24, 2.45) is 0 Å². The van der Waals surface area contributed by atoms with Crippen molar-refractivity contribution in [1.29, 1.82) is 0 Å². The number of carboxylic acids is 2. The van der Waals surface area contributed by atoms with Crippen LogP contribution in [0.5, 0.6) is 0 Å². The maximum Gasteiger partial charge on any atom is 0.328 e. The summed E-state index contributed by atoms with van der Waals surface area (Å²) < 4.78 is 0. The monoisotopic (exact) mass is 287 g/mol. The first kappa shape index (κ1) is 16.5. The fourth-order valence-corrected chi connectivity index (χ4v) is 2.09. The van der Waals surface area contributed by atoms with Gasteiger partial charge >= 0.3 is 11.9 Å². The van der Waals surface area contributed by atoms with Crippen molar-refractivity contribution in [2.75, 3.05) is 6.54 Å². The molecule has 0 fully saturated rings. The third kappa shape index (κ3) is 5.93. The molecule has 0 heterocycles. The standard InChI is InChI=1S/C12H13N.C4H4O4/c1-2-9-13-12-8-7-10-5-3-4-6-11(10)12;5-3(6)1-2-4(7)8/h1,3-6,12-13H,7-9H2;1-2H,(H,5,6)(H,7,8)/b;2-1-. The highest BCUT2D eigenvalue weighted by molar-refractivity contribution is 5.89. The molecule has 1 aliphatic carbocycles. The molecule has 21 heavy (non-hydrogen) atoms. The van der Waals surface area contributed by atoms with E-state index in [2.05, 4.69) is 35.5 Å². The van der Waals surface area contributed by atoms with Gasteiger partial charge in [-0.05, 0) is 24.0 Å². The summed E-state index contributed by atoms with van der Waals surface area (Å²) in [6, 6.07) is 9.06. The number of hydrogen-bond acceptors (Lipinski definition) is 3. The SMILES string of the molecule is C#CCNC1CCc2ccccc21.O=C(O)/C=C\C(=O)O. The smallest absolute Gasteiger partial charge is 0.328 e. The molecule has 0 spiro atoms. The third-order valence-corrected chi connectivity index (χ3v) is 2.95. The van der Waals surface area contributed by atoms with Crippen molar-refractivity contribution in [3.8, 4) is 12.3 Å². The van der Waals surface area contributed by atoms with Crippen LogP contribution in [-0.2, 0) is 16.0 Å². The van der Waals surface area contributed by atoms with Crippen molar-refractivity contribution >= 4 is 11.9 Å². The van der Waals surface area contributed by atoms with E-state index in [0.717, 1.165) is 0 Å². The average Bonchev–Trinajstić information content (AvgIpc) is 2.87. The van der Waals surface area contributed by atoms with Crippen LogP contribution in [0, 0.1) is 12.3 Å². The van der Waals surface area contributed by atoms with Crippen molar-refractivity contribution in [1.82, 2.24) is 5.32 Å². The highest BCUT2D eigenvalue weighted by Gasteiger charge is 2.20. The molecule has 0 amide bonds. The van der Waals surface area contributed by atoms with Crippen LogP contribution in [0.15, 0.2) is 36.4 Å². The number of carboxylic acid groups (broad SMARTS) is 2. The van der Waals surface area contributed by atoms with Crippen LogP contribution in [0.1, 0.15) is 23.6 Å². The fourth-order valence-electron chi connectivity index (χ4n) is 2.09. The van der Waals surface area contributed by atoms with Gasteiger partial charge in [-0.3, -0.25) is 5.32 Å². The Morgan fingerprint density at radius 1 is 1.29 bits per heavy atom. The van der Waals surface area contributed by atoms with Gasteiger partial charge in [0.1, 0.15) is 0 Å². The minimum absolute atomic E-state index is 0.479. The van der Waals surface area contributed by atoms with Gasteiger partial charge in [-0.15, -0.1) is 6.42 Å². The van der Waals surface area contributed by atoms with Crippen molar-refractivity contribution in [3.05, 3.63) is 47.5 Å². The molecule has 1 aromatic carbocycles. The normalized spacial score (nSPS) is 15.7. The van der Waals surface area contributed by atoms with Gasteiger partial charge in [0.25, 0.3) is 0 Å². The number of rotatable bonds is 4. The van der Waals surface area contributed by atoms with Gasteiger partial charge < -0.3 is 10.2 Å². The van der Waals surface area contributed by atoms with Crippen molar-refractivity contribution < 1.29 is 19.8 Å². The van der Waals surface area contributed by atoms with E-state index in [1.165, 1.54) is 24.0 Å². The van der Waals surface area contributed by atoms with E-state index in [-0.39, 0.29) is 0 Å². The summed E-state index contributed by atoms with van der Waals surface area (Å²) in [4.78, 5) is 19.1. The third-order valence-electron chi connectivity index (χ3n) is 2.95. The van der Waals surface area contributed by atoms with Gasteiger partial charge in [-0.1, -0.05) is 30.2 Å². The van der Waals surface area contributed by atoms with Gasteiger partial charge in [0.15, 0.2) is 0 Å². The van der Waals surface area contributed by atoms with Crippen LogP contribution in [0.3, 0.4) is 0 Å². The van der Waals surface area contributed by atoms with Gasteiger partial charge in [-0.25, -0.2) is 9.59 Å². The molecule has 0 saturated heterocycles. The highest BCUT2D eigenvalue weighted by Crippen LogP contribution is 2.30. The summed E-state index contributed by atoms with van der Waals surface area (Å²) in [5.74, 6) is 0.100. The summed E-state index contributed by atoms with van der Waals surface area (Å²) in [6.45, 7) is 0.666. The zero-order valence-corrected chi connectivity index (χ0v) is 11.5. The van der Waals surface area contributed by atoms with Crippen LogP contribution >= 0.6 is 0 Å². The largest absolute Gasteiger partial charge is 0.478 e. The van der Waals surface area contributed by atoms with E-state index >= 15 is 0 Å². The van der Waals surface area contributed by atoms with Gasteiger partial charge in [0, 0.05) is 18.2 Å². The zero-order chi connectivity index (χ0) is 15.7. The Bertz CT molecular complexity index is 556. The molecular weight excluding hydrogens is 270 g/mol. The molecular formula is C16H17NO4. The molecule has 0 radical (unpaired) electrons. The molecule has 1 aromatic rings. The first-order valence-corrected chi connectivity index (χ1v) is 6.43. The summed E-state index contributed by atoms with van der Waals surface area (Å²) >= 11 is 0. The Labute approximate surface area is 123 Å². The summed E-state index contributed by atoms with van der Waals surface area (Å²) in [5, 5.41) is 19.0. The van der Waals surface area contributed by atoms with Crippen LogP contribution in [-0.4, -0.2) is 28.7 Å². The molecule has 3 N–H and O–H groups in total. The minimum Gasteiger partial charge on any atom is -0.478 e. The molecule has 0 bridgehead atoms. The average molecular weight is 287 g/mol. The van der Waals surface area contributed by atoms with Crippen LogP contribution < -0.4 is 5.32 Å². The van der Waals surface area contributed by atoms with Crippen LogP contribution in [0.25, 0.3) is 0 Å². The summed E-state index contributed by atoms with van der Waals surface area (Å²) in [6.07, 6.45) is 8.69. The van der Waals surface area contributed by atoms with Gasteiger partial charge in [0.2, 0.25) is 0 Å². The van der Waals surface area contributed by atoms with Crippen LogP contribution in [0.4, 0.5) is 0 Å². The van der Waals surface area contributed by atoms with E-state index in [1.54, 1.807) is 0 Å². The molecule has 5 heteroatoms. The second-order valence-electron chi connectivity index (χ2n) is 4.38. The van der Waals surface area contributed by atoms with Crippen molar-refractivity contribution in [3.63, 3.8) is 0 Å². The second kappa shape index (κ2) is 8.56. The van der Waals surface area contributed by atoms with E-state index < -0.39 is 11.9 Å². The molecule has 1 aliphatic rings. The number of benzene rings is 1. The fraction of sp³-hybridized carbons (Fsp3) is 0.250. The van der Waals surface area contributed by atoms with Crippen LogP contribution in [0.2, 0.25) is 0 Å². The summed E-state index contributed by atoms with van der Waals surface area (Å²) in [5.41, 5.74) is 2.90. The summed E-state index contributed by atoms with van der Waals surface area (Å²) in [7, 11) is 0. The Hall–Kier alpha value is -2.58. The highest BCUT2D eigenvalue weighted by atomic mass is 16.4. The maximum atomic E-state index is 9.55. The van der Waals surface area contributed by atoms with Gasteiger partial charge in [0.05, 0.1) is 6.54 Å². The molecule has 1 atom stereocenters. The number of terminal acetylenes is 1. The van der Waals surface area contributed by atoms with E-state index in [4.69, 9.17) is 16.6 Å². The van der Waals surface area contributed by atoms with E-state index in [9.17, 15) is 9.59 Å². The number of hydrogen-bond donors (Lipinski definition) is 3. The van der Waals surface area contributed by atoms with Crippen molar-refractivity contribution in [2.45, 2.75) is 18.9 Å². The van der Waals surface area contributed by atoms with Gasteiger partial charge in [-0.2, -0.15) is 0 Å². The lowest BCUT2D eigenvalue weighted by Gasteiger charge is -2.10. The molecule has 0 aromatic heterocycles. The second-order valence-corrected chi connectivity index (χ2v) is 4.38. The molecule has 110 valence electrons. The molecule has 5 nitrogen and oxygen atoms in total. The number of aliphatic carboxylic acids is 2. The Morgan fingerprint density at radius 2 is 1.90 bits per heavy atom.